The molecule has 0 bridgehead atoms. The number of hydrogen-bond donors (Lipinski definition) is 1. The number of aromatic nitrogens is 2. The van der Waals surface area contributed by atoms with Gasteiger partial charge in [-0.25, -0.2) is 4.68 Å². The van der Waals surface area contributed by atoms with Gasteiger partial charge < -0.3 is 10.2 Å². The van der Waals surface area contributed by atoms with E-state index >= 15 is 0 Å². The number of nitrogens with one attached hydrogen (secondary N) is 1. The summed E-state index contributed by atoms with van der Waals surface area (Å²) < 4.78 is 1.37. The Balaban J connectivity index is 1.68. The molecule has 0 saturated carbocycles. The first kappa shape index (κ1) is 19.2. The van der Waals surface area contributed by atoms with Gasteiger partial charge in [-0.3, -0.25) is 9.59 Å². The van der Waals surface area contributed by atoms with E-state index in [9.17, 15) is 9.59 Å². The zero-order valence-corrected chi connectivity index (χ0v) is 17.1. The highest BCUT2D eigenvalue weighted by atomic mass is 16.2. The minimum atomic E-state index is -0.316. The van der Waals surface area contributed by atoms with Crippen LogP contribution >= 0.6 is 0 Å². The Hall–Kier alpha value is -3.15. The molecule has 150 valence electrons. The van der Waals surface area contributed by atoms with Crippen molar-refractivity contribution in [2.75, 3.05) is 23.3 Å². The van der Waals surface area contributed by atoms with Crippen molar-refractivity contribution in [3.05, 3.63) is 64.1 Å². The van der Waals surface area contributed by atoms with Gasteiger partial charge in [0, 0.05) is 29.9 Å². The molecule has 1 N–H and O–H groups in total. The fraction of sp³-hybridized carbons (Fsp3) is 0.348. The van der Waals surface area contributed by atoms with E-state index in [0.717, 1.165) is 24.3 Å². The van der Waals surface area contributed by atoms with Crippen molar-refractivity contribution in [3.8, 4) is 0 Å². The largest absolute Gasteiger partial charge is 0.371 e. The summed E-state index contributed by atoms with van der Waals surface area (Å²) in [7, 11) is 0. The van der Waals surface area contributed by atoms with E-state index < -0.39 is 0 Å². The van der Waals surface area contributed by atoms with Crippen molar-refractivity contribution in [2.45, 2.75) is 39.7 Å². The molecule has 0 spiro atoms. The predicted octanol–water partition coefficient (Wildman–Crippen LogP) is 4.14. The molecule has 4 rings (SSSR count). The number of anilines is 2. The normalized spacial score (nSPS) is 14.0. The molecule has 1 aliphatic rings. The van der Waals surface area contributed by atoms with Crippen LogP contribution in [0.15, 0.2) is 47.3 Å². The van der Waals surface area contributed by atoms with Crippen molar-refractivity contribution in [2.24, 2.45) is 0 Å². The van der Waals surface area contributed by atoms with Gasteiger partial charge in [-0.15, -0.1) is 0 Å². The number of carbonyl (C=O) groups is 1. The van der Waals surface area contributed by atoms with Crippen molar-refractivity contribution in [1.29, 1.82) is 0 Å². The second kappa shape index (κ2) is 7.70. The molecule has 3 aromatic rings. The van der Waals surface area contributed by atoms with Gasteiger partial charge in [0.1, 0.15) is 0 Å². The lowest BCUT2D eigenvalue weighted by Gasteiger charge is -2.21. The lowest BCUT2D eigenvalue weighted by Crippen LogP contribution is -2.29. The number of benzene rings is 2. The Bertz CT molecular complexity index is 1130. The van der Waals surface area contributed by atoms with Crippen molar-refractivity contribution in [3.63, 3.8) is 0 Å². The van der Waals surface area contributed by atoms with Crippen LogP contribution in [0.1, 0.15) is 48.8 Å². The summed E-state index contributed by atoms with van der Waals surface area (Å²) in [6.45, 7) is 7.99. The minimum Gasteiger partial charge on any atom is -0.371 e. The van der Waals surface area contributed by atoms with Gasteiger partial charge in [-0.05, 0) is 63.4 Å². The predicted molar refractivity (Wildman–Crippen MR) is 117 cm³/mol. The van der Waals surface area contributed by atoms with Crippen LogP contribution in [0.4, 0.5) is 11.4 Å². The van der Waals surface area contributed by atoms with Crippen LogP contribution in [-0.4, -0.2) is 28.8 Å². The average molecular weight is 390 g/mol. The summed E-state index contributed by atoms with van der Waals surface area (Å²) in [4.78, 5) is 28.1. The van der Waals surface area contributed by atoms with Crippen LogP contribution in [0, 0.1) is 6.92 Å². The van der Waals surface area contributed by atoms with Gasteiger partial charge in [-0.2, -0.15) is 5.10 Å². The second-order valence-electron chi connectivity index (χ2n) is 7.89. The van der Waals surface area contributed by atoms with Crippen molar-refractivity contribution in [1.82, 2.24) is 9.78 Å². The molecule has 6 heteroatoms. The Morgan fingerprint density at radius 3 is 2.41 bits per heavy atom. The number of fused-ring (bicyclic) bond motifs is 1. The number of nitrogens with zero attached hydrogens (tertiary/aromatic N) is 3. The first-order valence-corrected chi connectivity index (χ1v) is 10.1. The van der Waals surface area contributed by atoms with E-state index in [2.05, 4.69) is 28.3 Å². The SMILES string of the molecule is Cc1cc(NC(=O)c2nn(C(C)C)c(=O)c3ccccc23)ccc1N1CCCC1. The van der Waals surface area contributed by atoms with E-state index in [-0.39, 0.29) is 23.2 Å². The summed E-state index contributed by atoms with van der Waals surface area (Å²) in [6, 6.07) is 13.0. The van der Waals surface area contributed by atoms with Crippen LogP contribution < -0.4 is 15.8 Å². The third-order valence-electron chi connectivity index (χ3n) is 5.43. The van der Waals surface area contributed by atoms with Crippen LogP contribution in [0.5, 0.6) is 0 Å². The fourth-order valence-corrected chi connectivity index (χ4v) is 3.96. The average Bonchev–Trinajstić information content (AvgIpc) is 3.22. The highest BCUT2D eigenvalue weighted by molar-refractivity contribution is 6.11. The zero-order valence-electron chi connectivity index (χ0n) is 17.1. The lowest BCUT2D eigenvalue weighted by atomic mass is 10.1. The standard InChI is InChI=1S/C23H26N4O2/c1-15(2)27-23(29)19-9-5-4-8-18(19)21(25-27)22(28)24-17-10-11-20(16(3)14-17)26-12-6-7-13-26/h4-5,8-11,14-15H,6-7,12-13H2,1-3H3,(H,24,28). The molecule has 1 aliphatic heterocycles. The van der Waals surface area contributed by atoms with E-state index in [4.69, 9.17) is 0 Å². The first-order chi connectivity index (χ1) is 14.0. The van der Waals surface area contributed by atoms with Crippen molar-refractivity contribution < 1.29 is 4.79 Å². The Morgan fingerprint density at radius 2 is 1.76 bits per heavy atom. The molecule has 1 saturated heterocycles. The summed E-state index contributed by atoms with van der Waals surface area (Å²) in [5.74, 6) is -0.316. The molecule has 2 heterocycles. The second-order valence-corrected chi connectivity index (χ2v) is 7.89. The zero-order chi connectivity index (χ0) is 20.5. The van der Waals surface area contributed by atoms with Gasteiger partial charge in [0.15, 0.2) is 5.69 Å². The van der Waals surface area contributed by atoms with E-state index in [1.54, 1.807) is 18.2 Å². The molecular formula is C23H26N4O2. The summed E-state index contributed by atoms with van der Waals surface area (Å²) in [5, 5.41) is 8.41. The third kappa shape index (κ3) is 3.62. The topological polar surface area (TPSA) is 67.2 Å². The number of carbonyl (C=O) groups excluding carboxylic acids is 1. The van der Waals surface area contributed by atoms with Gasteiger partial charge in [0.05, 0.1) is 11.4 Å². The highest BCUT2D eigenvalue weighted by Crippen LogP contribution is 2.27. The maximum Gasteiger partial charge on any atom is 0.276 e. The molecule has 2 aromatic carbocycles. The van der Waals surface area contributed by atoms with Crippen LogP contribution in [-0.2, 0) is 0 Å². The monoisotopic (exact) mass is 390 g/mol. The molecule has 6 nitrogen and oxygen atoms in total. The van der Waals surface area contributed by atoms with E-state index in [1.165, 1.54) is 23.2 Å². The summed E-state index contributed by atoms with van der Waals surface area (Å²) in [6.07, 6.45) is 2.45. The Morgan fingerprint density at radius 1 is 1.07 bits per heavy atom. The molecule has 1 aromatic heterocycles. The molecule has 29 heavy (non-hydrogen) atoms. The Labute approximate surface area is 170 Å². The molecule has 0 aliphatic carbocycles. The molecule has 0 radical (unpaired) electrons. The van der Waals surface area contributed by atoms with E-state index in [0.29, 0.717) is 10.8 Å². The number of aryl methyl sites for hydroxylation is 1. The minimum absolute atomic E-state index is 0.138. The fourth-order valence-electron chi connectivity index (χ4n) is 3.96. The van der Waals surface area contributed by atoms with Crippen LogP contribution in [0.3, 0.4) is 0 Å². The van der Waals surface area contributed by atoms with Crippen LogP contribution in [0.25, 0.3) is 10.8 Å². The number of hydrogen-bond acceptors (Lipinski definition) is 4. The first-order valence-electron chi connectivity index (χ1n) is 10.1. The molecule has 0 unspecified atom stereocenters. The third-order valence-corrected chi connectivity index (χ3v) is 5.43. The molecule has 1 amide bonds. The molecule has 0 atom stereocenters. The lowest BCUT2D eigenvalue weighted by molar-refractivity contribution is 0.102. The number of amides is 1. The van der Waals surface area contributed by atoms with E-state index in [1.807, 2.05) is 32.0 Å². The maximum absolute atomic E-state index is 13.1. The maximum atomic E-state index is 13.1. The van der Waals surface area contributed by atoms with Crippen molar-refractivity contribution >= 4 is 28.1 Å². The molecule has 1 fully saturated rings. The highest BCUT2D eigenvalue weighted by Gasteiger charge is 2.19. The quantitative estimate of drug-likeness (QED) is 0.727. The van der Waals surface area contributed by atoms with Gasteiger partial charge in [-0.1, -0.05) is 18.2 Å². The van der Waals surface area contributed by atoms with Gasteiger partial charge in [0.2, 0.25) is 0 Å². The Kier molecular flexibility index (Phi) is 5.09. The summed E-state index contributed by atoms with van der Waals surface area (Å²) >= 11 is 0. The molecular weight excluding hydrogens is 364 g/mol. The van der Waals surface area contributed by atoms with Gasteiger partial charge in [0.25, 0.3) is 11.5 Å². The summed E-state index contributed by atoms with van der Waals surface area (Å²) in [5.41, 5.74) is 3.16. The van der Waals surface area contributed by atoms with Crippen LogP contribution in [0.2, 0.25) is 0 Å². The van der Waals surface area contributed by atoms with Gasteiger partial charge >= 0.3 is 0 Å². The smallest absolute Gasteiger partial charge is 0.276 e. The number of rotatable bonds is 4.